The van der Waals surface area contributed by atoms with Gasteiger partial charge in [-0.25, -0.2) is 0 Å². The first-order chi connectivity index (χ1) is 9.54. The van der Waals surface area contributed by atoms with E-state index in [-0.39, 0.29) is 17.9 Å². The molecule has 0 aromatic carbocycles. The molecule has 0 radical (unpaired) electrons. The van der Waals surface area contributed by atoms with E-state index in [1.165, 1.54) is 0 Å². The molecule has 1 saturated carbocycles. The summed E-state index contributed by atoms with van der Waals surface area (Å²) in [6, 6.07) is 0.0384. The third-order valence-electron chi connectivity index (χ3n) is 5.14. The van der Waals surface area contributed by atoms with E-state index >= 15 is 0 Å². The molecule has 3 atom stereocenters. The molecule has 0 spiro atoms. The van der Waals surface area contributed by atoms with Crippen LogP contribution in [0.4, 0.5) is 0 Å². The Morgan fingerprint density at radius 1 is 1.20 bits per heavy atom. The maximum absolute atomic E-state index is 13.0. The van der Waals surface area contributed by atoms with E-state index in [1.807, 2.05) is 25.7 Å². The largest absolute Gasteiger partial charge is 0.340 e. The maximum Gasteiger partial charge on any atom is 0.249 e. The molecule has 1 heterocycles. The summed E-state index contributed by atoms with van der Waals surface area (Å²) < 4.78 is 0. The molecule has 2 amide bonds. The van der Waals surface area contributed by atoms with Crippen LogP contribution in [-0.4, -0.2) is 34.3 Å². The van der Waals surface area contributed by atoms with Crippen molar-refractivity contribution in [2.75, 3.05) is 0 Å². The van der Waals surface area contributed by atoms with E-state index in [4.69, 9.17) is 0 Å². The highest BCUT2D eigenvalue weighted by Gasteiger charge is 2.55. The maximum atomic E-state index is 13.0. The average Bonchev–Trinajstić information content (AvgIpc) is 3.20. The molecule has 1 saturated heterocycles. The fourth-order valence-corrected chi connectivity index (χ4v) is 3.63. The molecule has 114 valence electrons. The van der Waals surface area contributed by atoms with Gasteiger partial charge < -0.3 is 10.2 Å². The number of rotatable bonds is 6. The van der Waals surface area contributed by atoms with Crippen molar-refractivity contribution in [3.63, 3.8) is 0 Å². The standard InChI is InChI=1S/C16H28N2O2/c1-5-9-11-10-13(11)18-12(6-2)14(19)17-16(7-3,8-4)15(18)20/h11-13H,5-10H2,1-4H3,(H,17,19). The van der Waals surface area contributed by atoms with E-state index in [0.29, 0.717) is 31.2 Å². The van der Waals surface area contributed by atoms with Gasteiger partial charge >= 0.3 is 0 Å². The van der Waals surface area contributed by atoms with Gasteiger partial charge in [0.25, 0.3) is 0 Å². The zero-order valence-electron chi connectivity index (χ0n) is 13.2. The highest BCUT2D eigenvalue weighted by molar-refractivity contribution is 6.00. The molecular formula is C16H28N2O2. The average molecular weight is 280 g/mol. The monoisotopic (exact) mass is 280 g/mol. The van der Waals surface area contributed by atoms with Crippen LogP contribution in [-0.2, 0) is 9.59 Å². The molecule has 0 aromatic rings. The summed E-state index contributed by atoms with van der Waals surface area (Å²) in [5, 5.41) is 3.01. The number of hydrogen-bond donors (Lipinski definition) is 1. The van der Waals surface area contributed by atoms with E-state index in [2.05, 4.69) is 12.2 Å². The van der Waals surface area contributed by atoms with Crippen LogP contribution in [0.25, 0.3) is 0 Å². The minimum atomic E-state index is -0.665. The zero-order valence-corrected chi connectivity index (χ0v) is 13.2. The number of nitrogens with zero attached hydrogens (tertiary/aromatic N) is 1. The van der Waals surface area contributed by atoms with E-state index in [0.717, 1.165) is 19.3 Å². The lowest BCUT2D eigenvalue weighted by Crippen LogP contribution is -2.70. The van der Waals surface area contributed by atoms with Gasteiger partial charge in [-0.3, -0.25) is 9.59 Å². The van der Waals surface area contributed by atoms with Gasteiger partial charge in [0.05, 0.1) is 0 Å². The SMILES string of the molecule is CCCC1CC1N1C(=O)C(CC)(CC)NC(=O)C1CC. The molecule has 2 fully saturated rings. The molecule has 0 aromatic heterocycles. The molecule has 2 rings (SSSR count). The molecule has 0 bridgehead atoms. The van der Waals surface area contributed by atoms with Crippen LogP contribution in [0.2, 0.25) is 0 Å². The van der Waals surface area contributed by atoms with E-state index < -0.39 is 5.54 Å². The van der Waals surface area contributed by atoms with Crippen molar-refractivity contribution >= 4 is 11.8 Å². The van der Waals surface area contributed by atoms with Crippen molar-refractivity contribution in [3.05, 3.63) is 0 Å². The van der Waals surface area contributed by atoms with Gasteiger partial charge in [0.1, 0.15) is 11.6 Å². The van der Waals surface area contributed by atoms with Crippen LogP contribution in [0.5, 0.6) is 0 Å². The Morgan fingerprint density at radius 3 is 2.35 bits per heavy atom. The summed E-state index contributed by atoms with van der Waals surface area (Å²) >= 11 is 0. The van der Waals surface area contributed by atoms with Crippen molar-refractivity contribution < 1.29 is 9.59 Å². The van der Waals surface area contributed by atoms with Crippen LogP contribution in [0, 0.1) is 5.92 Å². The summed E-state index contributed by atoms with van der Waals surface area (Å²) in [6.07, 6.45) is 5.44. The van der Waals surface area contributed by atoms with Crippen LogP contribution in [0.3, 0.4) is 0 Å². The summed E-state index contributed by atoms with van der Waals surface area (Å²) in [5.74, 6) is 0.797. The number of carbonyl (C=O) groups is 2. The van der Waals surface area contributed by atoms with E-state index in [1.54, 1.807) is 0 Å². The molecule has 20 heavy (non-hydrogen) atoms. The minimum absolute atomic E-state index is 0.0398. The molecule has 3 unspecified atom stereocenters. The second kappa shape index (κ2) is 5.74. The van der Waals surface area contributed by atoms with Crippen LogP contribution in [0.15, 0.2) is 0 Å². The lowest BCUT2D eigenvalue weighted by Gasteiger charge is -2.46. The van der Waals surface area contributed by atoms with Crippen molar-refractivity contribution in [1.82, 2.24) is 10.2 Å². The van der Waals surface area contributed by atoms with Gasteiger partial charge in [-0.1, -0.05) is 34.1 Å². The summed E-state index contributed by atoms with van der Waals surface area (Å²) in [5.41, 5.74) is -0.665. The second-order valence-corrected chi connectivity index (χ2v) is 6.27. The zero-order chi connectivity index (χ0) is 14.9. The number of hydrogen-bond acceptors (Lipinski definition) is 2. The Labute approximate surface area is 122 Å². The molecule has 1 aliphatic carbocycles. The Kier molecular flexibility index (Phi) is 4.40. The molecule has 4 nitrogen and oxygen atoms in total. The van der Waals surface area contributed by atoms with Gasteiger partial charge in [-0.15, -0.1) is 0 Å². The van der Waals surface area contributed by atoms with Crippen molar-refractivity contribution in [2.45, 2.75) is 83.8 Å². The molecule has 4 heteroatoms. The van der Waals surface area contributed by atoms with Gasteiger partial charge in [0.15, 0.2) is 0 Å². The normalized spacial score (nSPS) is 32.2. The van der Waals surface area contributed by atoms with Gasteiger partial charge in [0, 0.05) is 6.04 Å². The molecule has 1 N–H and O–H groups in total. The lowest BCUT2D eigenvalue weighted by atomic mass is 9.86. The first-order valence-electron chi connectivity index (χ1n) is 8.19. The van der Waals surface area contributed by atoms with Crippen molar-refractivity contribution in [1.29, 1.82) is 0 Å². The van der Waals surface area contributed by atoms with Gasteiger partial charge in [0.2, 0.25) is 11.8 Å². The van der Waals surface area contributed by atoms with Crippen molar-refractivity contribution in [2.24, 2.45) is 5.92 Å². The Hall–Kier alpha value is -1.06. The predicted molar refractivity (Wildman–Crippen MR) is 79.2 cm³/mol. The van der Waals surface area contributed by atoms with E-state index in [9.17, 15) is 9.59 Å². The van der Waals surface area contributed by atoms with Crippen LogP contribution >= 0.6 is 0 Å². The topological polar surface area (TPSA) is 49.4 Å². The lowest BCUT2D eigenvalue weighted by molar-refractivity contribution is -0.156. The first-order valence-corrected chi connectivity index (χ1v) is 8.19. The fourth-order valence-electron chi connectivity index (χ4n) is 3.63. The minimum Gasteiger partial charge on any atom is -0.340 e. The van der Waals surface area contributed by atoms with Gasteiger partial charge in [-0.05, 0) is 38.0 Å². The second-order valence-electron chi connectivity index (χ2n) is 6.27. The Balaban J connectivity index is 2.25. The van der Waals surface area contributed by atoms with Crippen molar-refractivity contribution in [3.8, 4) is 0 Å². The van der Waals surface area contributed by atoms with Crippen LogP contribution < -0.4 is 5.32 Å². The quantitative estimate of drug-likeness (QED) is 0.812. The molecular weight excluding hydrogens is 252 g/mol. The van der Waals surface area contributed by atoms with Gasteiger partial charge in [-0.2, -0.15) is 0 Å². The smallest absolute Gasteiger partial charge is 0.249 e. The van der Waals surface area contributed by atoms with Crippen LogP contribution in [0.1, 0.15) is 66.2 Å². The number of carbonyl (C=O) groups excluding carboxylic acids is 2. The molecule has 1 aliphatic heterocycles. The Morgan fingerprint density at radius 2 is 1.85 bits per heavy atom. The first kappa shape index (κ1) is 15.3. The highest BCUT2D eigenvalue weighted by atomic mass is 16.2. The molecule has 2 aliphatic rings. The summed E-state index contributed by atoms with van der Waals surface area (Å²) in [7, 11) is 0. The predicted octanol–water partition coefficient (Wildman–Crippen LogP) is 2.47. The summed E-state index contributed by atoms with van der Waals surface area (Å²) in [4.78, 5) is 27.3. The highest BCUT2D eigenvalue weighted by Crippen LogP contribution is 2.43. The summed E-state index contributed by atoms with van der Waals surface area (Å²) in [6.45, 7) is 8.15. The number of amides is 2. The third-order valence-corrected chi connectivity index (χ3v) is 5.14. The Bertz CT molecular complexity index is 390. The number of piperazine rings is 1. The third kappa shape index (κ3) is 2.33. The fraction of sp³-hybridized carbons (Fsp3) is 0.875. The number of nitrogens with one attached hydrogen (secondary N) is 1.